The molecular formula is C22H24ClN3O3. The van der Waals surface area contributed by atoms with Gasteiger partial charge in [0.2, 0.25) is 0 Å². The molecule has 29 heavy (non-hydrogen) atoms. The van der Waals surface area contributed by atoms with Crippen LogP contribution in [0, 0.1) is 13.8 Å². The van der Waals surface area contributed by atoms with Crippen LogP contribution in [0.2, 0.25) is 0 Å². The molecule has 2 aromatic carbocycles. The molecule has 3 aromatic rings. The van der Waals surface area contributed by atoms with Gasteiger partial charge in [-0.25, -0.2) is 0 Å². The van der Waals surface area contributed by atoms with Crippen LogP contribution in [-0.4, -0.2) is 11.1 Å². The summed E-state index contributed by atoms with van der Waals surface area (Å²) < 4.78 is 11.1. The largest absolute Gasteiger partial charge is 0.488 e. The normalized spacial score (nSPS) is 12.2. The number of nitrogens with one attached hydrogen (secondary N) is 2. The number of hydrogen-bond acceptors (Lipinski definition) is 5. The van der Waals surface area contributed by atoms with Crippen LogP contribution in [0.5, 0.6) is 5.75 Å². The Kier molecular flexibility index (Phi) is 6.56. The number of halogens is 1. The molecule has 0 fully saturated rings. The van der Waals surface area contributed by atoms with Crippen LogP contribution in [0.25, 0.3) is 0 Å². The summed E-state index contributed by atoms with van der Waals surface area (Å²) in [6.45, 7) is 6.31. The fourth-order valence-corrected chi connectivity index (χ4v) is 3.37. The van der Waals surface area contributed by atoms with Crippen molar-refractivity contribution in [3.8, 4) is 5.75 Å². The molecule has 1 amide bonds. The molecule has 0 unspecified atom stereocenters. The monoisotopic (exact) mass is 413 g/mol. The third-order valence-electron chi connectivity index (χ3n) is 5.04. The number of aryl methyl sites for hydroxylation is 2. The topological polar surface area (TPSA) is 76.4 Å². The summed E-state index contributed by atoms with van der Waals surface area (Å²) in [5.74, 6) is 1.11. The fourth-order valence-electron chi connectivity index (χ4n) is 3.37. The Bertz CT molecular complexity index is 997. The first-order valence-electron chi connectivity index (χ1n) is 9.35. The molecule has 2 heterocycles. The Morgan fingerprint density at radius 3 is 2.76 bits per heavy atom. The number of ether oxygens (including phenoxy) is 1. The van der Waals surface area contributed by atoms with Crippen LogP contribution in [0.15, 0.2) is 47.0 Å². The van der Waals surface area contributed by atoms with Crippen molar-refractivity contribution in [1.82, 2.24) is 15.8 Å². The number of hydrogen-bond donors (Lipinski definition) is 2. The van der Waals surface area contributed by atoms with E-state index < -0.39 is 0 Å². The SMILES string of the molecule is Cc1noc(C)c1COc1ccccc1C(=O)NCc1ccc2c(c1)CNC2.Cl. The fraction of sp³-hybridized carbons (Fsp3) is 0.273. The molecule has 1 aliphatic heterocycles. The van der Waals surface area contributed by atoms with E-state index in [9.17, 15) is 4.79 Å². The number of carbonyl (C=O) groups excluding carboxylic acids is 1. The van der Waals surface area contributed by atoms with Crippen molar-refractivity contribution in [3.63, 3.8) is 0 Å². The summed E-state index contributed by atoms with van der Waals surface area (Å²) in [5, 5.41) is 10.3. The molecule has 0 atom stereocenters. The lowest BCUT2D eigenvalue weighted by Crippen LogP contribution is -2.23. The summed E-state index contributed by atoms with van der Waals surface area (Å²) in [7, 11) is 0. The minimum absolute atomic E-state index is 0. The van der Waals surface area contributed by atoms with Gasteiger partial charge in [-0.1, -0.05) is 35.5 Å². The number of rotatable bonds is 6. The second-order valence-electron chi connectivity index (χ2n) is 6.98. The molecule has 1 aromatic heterocycles. The number of para-hydroxylation sites is 1. The van der Waals surface area contributed by atoms with Crippen molar-refractivity contribution in [1.29, 1.82) is 0 Å². The van der Waals surface area contributed by atoms with Crippen LogP contribution in [0.1, 0.15) is 44.1 Å². The lowest BCUT2D eigenvalue weighted by molar-refractivity contribution is 0.0946. The van der Waals surface area contributed by atoms with E-state index in [4.69, 9.17) is 9.26 Å². The number of carbonyl (C=O) groups is 1. The smallest absolute Gasteiger partial charge is 0.255 e. The van der Waals surface area contributed by atoms with E-state index in [2.05, 4.69) is 34.0 Å². The molecule has 0 aliphatic carbocycles. The molecule has 4 rings (SSSR count). The zero-order chi connectivity index (χ0) is 19.5. The van der Waals surface area contributed by atoms with Crippen molar-refractivity contribution in [2.24, 2.45) is 0 Å². The quantitative estimate of drug-likeness (QED) is 0.642. The molecule has 152 valence electrons. The first-order chi connectivity index (χ1) is 13.6. The molecule has 0 radical (unpaired) electrons. The highest BCUT2D eigenvalue weighted by atomic mass is 35.5. The van der Waals surface area contributed by atoms with Crippen LogP contribution >= 0.6 is 12.4 Å². The maximum Gasteiger partial charge on any atom is 0.255 e. The van der Waals surface area contributed by atoms with Gasteiger partial charge in [-0.2, -0.15) is 0 Å². The van der Waals surface area contributed by atoms with Gasteiger partial charge in [-0.05, 0) is 42.7 Å². The highest BCUT2D eigenvalue weighted by molar-refractivity contribution is 5.96. The third kappa shape index (κ3) is 4.60. The number of benzene rings is 2. The lowest BCUT2D eigenvalue weighted by Gasteiger charge is -2.12. The standard InChI is InChI=1S/C22H23N3O3.ClH/c1-14-20(15(2)28-25-14)13-27-21-6-4-3-5-19(21)22(26)24-10-16-7-8-17-11-23-12-18(17)9-16;/h3-9,23H,10-13H2,1-2H3,(H,24,26);1H. The minimum atomic E-state index is -0.159. The molecule has 2 N–H and O–H groups in total. The Labute approximate surface area is 176 Å². The molecule has 7 heteroatoms. The lowest BCUT2D eigenvalue weighted by atomic mass is 10.1. The summed E-state index contributed by atoms with van der Waals surface area (Å²) in [6.07, 6.45) is 0. The maximum absolute atomic E-state index is 12.7. The number of fused-ring (bicyclic) bond motifs is 1. The first-order valence-corrected chi connectivity index (χ1v) is 9.35. The van der Waals surface area contributed by atoms with Gasteiger partial charge in [0.25, 0.3) is 5.91 Å². The minimum Gasteiger partial charge on any atom is -0.488 e. The van der Waals surface area contributed by atoms with Gasteiger partial charge in [0, 0.05) is 19.6 Å². The Morgan fingerprint density at radius 1 is 1.17 bits per heavy atom. The summed E-state index contributed by atoms with van der Waals surface area (Å²) in [4.78, 5) is 12.7. The van der Waals surface area contributed by atoms with Gasteiger partial charge >= 0.3 is 0 Å². The summed E-state index contributed by atoms with van der Waals surface area (Å²) >= 11 is 0. The van der Waals surface area contributed by atoms with E-state index in [0.717, 1.165) is 35.7 Å². The predicted molar refractivity (Wildman–Crippen MR) is 112 cm³/mol. The van der Waals surface area contributed by atoms with Crippen molar-refractivity contribution in [2.75, 3.05) is 0 Å². The maximum atomic E-state index is 12.7. The van der Waals surface area contributed by atoms with E-state index in [1.165, 1.54) is 11.1 Å². The average molecular weight is 414 g/mol. The van der Waals surface area contributed by atoms with Crippen molar-refractivity contribution < 1.29 is 14.1 Å². The number of amides is 1. The Morgan fingerprint density at radius 2 is 1.97 bits per heavy atom. The van der Waals surface area contributed by atoms with Gasteiger partial charge in [0.15, 0.2) is 0 Å². The van der Waals surface area contributed by atoms with Gasteiger partial charge < -0.3 is 19.9 Å². The van der Waals surface area contributed by atoms with Gasteiger partial charge in [-0.3, -0.25) is 4.79 Å². The van der Waals surface area contributed by atoms with Crippen LogP contribution < -0.4 is 15.4 Å². The molecule has 0 bridgehead atoms. The zero-order valence-electron chi connectivity index (χ0n) is 16.5. The molecule has 0 spiro atoms. The zero-order valence-corrected chi connectivity index (χ0v) is 17.3. The Hall–Kier alpha value is -2.83. The summed E-state index contributed by atoms with van der Waals surface area (Å²) in [5.41, 5.74) is 5.93. The second-order valence-corrected chi connectivity index (χ2v) is 6.98. The highest BCUT2D eigenvalue weighted by Crippen LogP contribution is 2.22. The van der Waals surface area contributed by atoms with Gasteiger partial charge in [0.05, 0.1) is 16.8 Å². The molecule has 0 saturated heterocycles. The average Bonchev–Trinajstić information content (AvgIpc) is 3.30. The first kappa shape index (κ1) is 20.9. The predicted octanol–water partition coefficient (Wildman–Crippen LogP) is 3.83. The van der Waals surface area contributed by atoms with Crippen LogP contribution in [0.3, 0.4) is 0 Å². The van der Waals surface area contributed by atoms with Crippen molar-refractivity contribution >= 4 is 18.3 Å². The molecule has 6 nitrogen and oxygen atoms in total. The van der Waals surface area contributed by atoms with Gasteiger partial charge in [-0.15, -0.1) is 12.4 Å². The van der Waals surface area contributed by atoms with E-state index >= 15 is 0 Å². The molecular weight excluding hydrogens is 390 g/mol. The van der Waals surface area contributed by atoms with E-state index in [-0.39, 0.29) is 18.3 Å². The summed E-state index contributed by atoms with van der Waals surface area (Å²) in [6, 6.07) is 13.6. The van der Waals surface area contributed by atoms with E-state index in [1.807, 2.05) is 26.0 Å². The van der Waals surface area contributed by atoms with Crippen molar-refractivity contribution in [2.45, 2.75) is 40.1 Å². The number of aromatic nitrogens is 1. The van der Waals surface area contributed by atoms with E-state index in [0.29, 0.717) is 24.5 Å². The van der Waals surface area contributed by atoms with E-state index in [1.54, 1.807) is 12.1 Å². The van der Waals surface area contributed by atoms with Crippen molar-refractivity contribution in [3.05, 3.63) is 81.7 Å². The number of nitrogens with zero attached hydrogens (tertiary/aromatic N) is 1. The Balaban J connectivity index is 0.00000240. The molecule has 1 aliphatic rings. The third-order valence-corrected chi connectivity index (χ3v) is 5.04. The van der Waals surface area contributed by atoms with Gasteiger partial charge in [0.1, 0.15) is 18.1 Å². The highest BCUT2D eigenvalue weighted by Gasteiger charge is 2.15. The second kappa shape index (κ2) is 9.11. The van der Waals surface area contributed by atoms with Crippen LogP contribution in [-0.2, 0) is 26.2 Å². The molecule has 0 saturated carbocycles. The van der Waals surface area contributed by atoms with Crippen LogP contribution in [0.4, 0.5) is 0 Å².